The molecule has 1 unspecified atom stereocenters. The monoisotopic (exact) mass is 384 g/mol. The Balaban J connectivity index is 1.69. The Labute approximate surface area is 168 Å². The van der Waals surface area contributed by atoms with Gasteiger partial charge in [0.05, 0.1) is 0 Å². The summed E-state index contributed by atoms with van der Waals surface area (Å²) < 4.78 is 14.9. The number of aromatic nitrogens is 1. The number of fused-ring (bicyclic) bond motifs is 3. The molecule has 0 bridgehead atoms. The molecule has 29 heavy (non-hydrogen) atoms. The highest BCUT2D eigenvalue weighted by atomic mass is 19.1. The molecular formula is C25H21FN2O. The first kappa shape index (κ1) is 17.7. The number of benzene rings is 3. The van der Waals surface area contributed by atoms with Crippen molar-refractivity contribution in [2.24, 2.45) is 0 Å². The number of carbonyl (C=O) groups excluding carboxylic acids is 1. The largest absolute Gasteiger partial charge is 0.356 e. The molecule has 144 valence electrons. The zero-order valence-corrected chi connectivity index (χ0v) is 16.2. The second-order valence-corrected chi connectivity index (χ2v) is 7.60. The van der Waals surface area contributed by atoms with Crippen LogP contribution in [0.5, 0.6) is 0 Å². The van der Waals surface area contributed by atoms with Gasteiger partial charge in [-0.15, -0.1) is 0 Å². The van der Waals surface area contributed by atoms with Gasteiger partial charge in [-0.25, -0.2) is 4.39 Å². The molecule has 2 heterocycles. The molecule has 3 nitrogen and oxygen atoms in total. The van der Waals surface area contributed by atoms with Crippen molar-refractivity contribution in [2.75, 3.05) is 6.54 Å². The quantitative estimate of drug-likeness (QED) is 0.493. The van der Waals surface area contributed by atoms with Gasteiger partial charge >= 0.3 is 0 Å². The van der Waals surface area contributed by atoms with Gasteiger partial charge in [0.1, 0.15) is 11.9 Å². The molecule has 1 atom stereocenters. The van der Waals surface area contributed by atoms with E-state index in [9.17, 15) is 9.18 Å². The number of amides is 1. The maximum atomic E-state index is 14.9. The lowest BCUT2D eigenvalue weighted by Gasteiger charge is -2.36. The Morgan fingerprint density at radius 3 is 2.66 bits per heavy atom. The summed E-state index contributed by atoms with van der Waals surface area (Å²) in [5, 5.41) is 1.14. The topological polar surface area (TPSA) is 36.1 Å². The van der Waals surface area contributed by atoms with Crippen LogP contribution in [0.4, 0.5) is 4.39 Å². The lowest BCUT2D eigenvalue weighted by atomic mass is 9.91. The van der Waals surface area contributed by atoms with Crippen molar-refractivity contribution >= 4 is 16.8 Å². The minimum absolute atomic E-state index is 0.0775. The molecule has 0 radical (unpaired) electrons. The number of halogens is 1. The normalized spacial score (nSPS) is 16.1. The fourth-order valence-corrected chi connectivity index (χ4v) is 4.42. The van der Waals surface area contributed by atoms with Crippen molar-refractivity contribution in [1.29, 1.82) is 0 Å². The van der Waals surface area contributed by atoms with Gasteiger partial charge in [0, 0.05) is 34.3 Å². The lowest BCUT2D eigenvalue weighted by molar-refractivity contribution is 0.0689. The van der Waals surface area contributed by atoms with Crippen molar-refractivity contribution in [3.8, 4) is 0 Å². The summed E-state index contributed by atoms with van der Waals surface area (Å²) >= 11 is 0. The van der Waals surface area contributed by atoms with E-state index in [-0.39, 0.29) is 11.7 Å². The summed E-state index contributed by atoms with van der Waals surface area (Å²) in [7, 11) is 0. The van der Waals surface area contributed by atoms with Gasteiger partial charge in [-0.2, -0.15) is 0 Å². The van der Waals surface area contributed by atoms with Crippen molar-refractivity contribution in [1.82, 2.24) is 9.88 Å². The molecule has 4 aromatic rings. The van der Waals surface area contributed by atoms with Crippen molar-refractivity contribution in [3.05, 3.63) is 107 Å². The fraction of sp³-hybridized carbons (Fsp3) is 0.160. The van der Waals surface area contributed by atoms with Gasteiger partial charge in [0.25, 0.3) is 5.91 Å². The second-order valence-electron chi connectivity index (χ2n) is 7.60. The Kier molecular flexibility index (Phi) is 4.20. The van der Waals surface area contributed by atoms with Crippen molar-refractivity contribution in [2.45, 2.75) is 19.4 Å². The molecule has 1 N–H and O–H groups in total. The fourth-order valence-electron chi connectivity index (χ4n) is 4.42. The number of aryl methyl sites for hydroxylation is 1. The summed E-state index contributed by atoms with van der Waals surface area (Å²) in [5.41, 5.74) is 5.27. The number of para-hydroxylation sites is 1. The molecule has 1 aliphatic heterocycles. The summed E-state index contributed by atoms with van der Waals surface area (Å²) in [6.45, 7) is 2.51. The predicted molar refractivity (Wildman–Crippen MR) is 112 cm³/mol. The minimum Gasteiger partial charge on any atom is -0.356 e. The Morgan fingerprint density at radius 2 is 1.83 bits per heavy atom. The average molecular weight is 384 g/mol. The smallest absolute Gasteiger partial charge is 0.254 e. The van der Waals surface area contributed by atoms with E-state index in [1.165, 1.54) is 11.6 Å². The van der Waals surface area contributed by atoms with Gasteiger partial charge in [-0.1, -0.05) is 54.1 Å². The van der Waals surface area contributed by atoms with Gasteiger partial charge in [0.15, 0.2) is 0 Å². The van der Waals surface area contributed by atoms with Gasteiger partial charge in [0.2, 0.25) is 0 Å². The standard InChI is InChI=1S/C25H21FN2O/c1-16-7-6-8-17(15-16)25(29)28-14-13-19-18-9-3-5-12-22(18)27-23(19)24(28)20-10-2-4-11-21(20)26/h2-12,15,24,27H,13-14H2,1H3. The van der Waals surface area contributed by atoms with Gasteiger partial charge in [-0.05, 0) is 43.2 Å². The molecule has 1 aromatic heterocycles. The molecule has 0 aliphatic carbocycles. The minimum atomic E-state index is -0.486. The highest BCUT2D eigenvalue weighted by Gasteiger charge is 2.36. The number of carbonyl (C=O) groups is 1. The van der Waals surface area contributed by atoms with Crippen LogP contribution in [0, 0.1) is 12.7 Å². The number of H-pyrrole nitrogens is 1. The highest BCUT2D eigenvalue weighted by Crippen LogP contribution is 2.39. The molecule has 4 heteroatoms. The van der Waals surface area contributed by atoms with E-state index in [4.69, 9.17) is 0 Å². The number of nitrogens with zero attached hydrogens (tertiary/aromatic N) is 1. The van der Waals surface area contributed by atoms with E-state index in [0.29, 0.717) is 17.7 Å². The predicted octanol–water partition coefficient (Wildman–Crippen LogP) is 5.40. The third-order valence-electron chi connectivity index (χ3n) is 5.76. The first-order valence-electron chi connectivity index (χ1n) is 9.85. The van der Waals surface area contributed by atoms with Crippen LogP contribution in [0.2, 0.25) is 0 Å². The lowest BCUT2D eigenvalue weighted by Crippen LogP contribution is -2.41. The number of rotatable bonds is 2. The molecule has 1 aliphatic rings. The van der Waals surface area contributed by atoms with Crippen molar-refractivity contribution < 1.29 is 9.18 Å². The van der Waals surface area contributed by atoms with E-state index in [0.717, 1.165) is 28.6 Å². The Hall–Kier alpha value is -3.40. The van der Waals surface area contributed by atoms with E-state index in [1.54, 1.807) is 17.0 Å². The SMILES string of the molecule is Cc1cccc(C(=O)N2CCc3c([nH]c4ccccc34)C2c2ccccc2F)c1. The molecular weight excluding hydrogens is 363 g/mol. The van der Waals surface area contributed by atoms with Crippen LogP contribution in [0.1, 0.15) is 38.8 Å². The first-order chi connectivity index (χ1) is 14.1. The van der Waals surface area contributed by atoms with Crippen LogP contribution in [0.15, 0.2) is 72.8 Å². The molecule has 0 spiro atoms. The van der Waals surface area contributed by atoms with Crippen LogP contribution in [-0.2, 0) is 6.42 Å². The van der Waals surface area contributed by atoms with Crippen LogP contribution < -0.4 is 0 Å². The highest BCUT2D eigenvalue weighted by molar-refractivity contribution is 5.95. The molecule has 0 saturated heterocycles. The molecule has 0 fully saturated rings. The second kappa shape index (κ2) is 6.89. The summed E-state index contributed by atoms with van der Waals surface area (Å²) in [5.74, 6) is -0.377. The molecule has 0 saturated carbocycles. The van der Waals surface area contributed by atoms with E-state index in [1.807, 2.05) is 55.5 Å². The van der Waals surface area contributed by atoms with E-state index < -0.39 is 6.04 Å². The molecule has 1 amide bonds. The van der Waals surface area contributed by atoms with Crippen molar-refractivity contribution in [3.63, 3.8) is 0 Å². The third kappa shape index (κ3) is 2.92. The van der Waals surface area contributed by atoms with Crippen LogP contribution in [0.25, 0.3) is 10.9 Å². The number of hydrogen-bond acceptors (Lipinski definition) is 1. The maximum Gasteiger partial charge on any atom is 0.254 e. The zero-order chi connectivity index (χ0) is 20.0. The Morgan fingerprint density at radius 1 is 1.03 bits per heavy atom. The van der Waals surface area contributed by atoms with Crippen LogP contribution >= 0.6 is 0 Å². The molecule has 3 aromatic carbocycles. The Bertz CT molecular complexity index is 1230. The summed E-state index contributed by atoms with van der Waals surface area (Å²) in [4.78, 5) is 18.7. The van der Waals surface area contributed by atoms with Crippen LogP contribution in [-0.4, -0.2) is 22.3 Å². The number of nitrogens with one attached hydrogen (secondary N) is 1. The third-order valence-corrected chi connectivity index (χ3v) is 5.76. The number of hydrogen-bond donors (Lipinski definition) is 1. The summed E-state index contributed by atoms with van der Waals surface area (Å²) in [6, 6.07) is 21.9. The maximum absolute atomic E-state index is 14.9. The van der Waals surface area contributed by atoms with Gasteiger partial charge in [-0.3, -0.25) is 4.79 Å². The zero-order valence-electron chi connectivity index (χ0n) is 16.2. The van der Waals surface area contributed by atoms with E-state index >= 15 is 0 Å². The van der Waals surface area contributed by atoms with Crippen LogP contribution in [0.3, 0.4) is 0 Å². The molecule has 5 rings (SSSR count). The summed E-state index contributed by atoms with van der Waals surface area (Å²) in [6.07, 6.45) is 0.738. The van der Waals surface area contributed by atoms with E-state index in [2.05, 4.69) is 11.1 Å². The van der Waals surface area contributed by atoms with Gasteiger partial charge < -0.3 is 9.88 Å². The average Bonchev–Trinajstić information content (AvgIpc) is 3.12. The number of aromatic amines is 1. The first-order valence-corrected chi connectivity index (χ1v) is 9.85.